The van der Waals surface area contributed by atoms with E-state index in [2.05, 4.69) is 6.07 Å². The molecule has 2 heteroatoms. The van der Waals surface area contributed by atoms with Gasteiger partial charge in [0, 0.05) is 32.9 Å². The van der Waals surface area contributed by atoms with Crippen molar-refractivity contribution in [3.63, 3.8) is 0 Å². The Balaban J connectivity index is 1.32. The third kappa shape index (κ3) is 4.57. The van der Waals surface area contributed by atoms with Crippen LogP contribution in [0.1, 0.15) is 16.4 Å². The van der Waals surface area contributed by atoms with Crippen LogP contribution in [0.5, 0.6) is 0 Å². The standard InChI is InChI=1S/C48H32N2/c1-4-14-33(15-5-1)37-28-38(34-16-6-2-7-17-34)30-40(29-37)50-46-23-13-11-21-42(46)44-32-36(25-27-48(44)50)35-24-26-47-43(31-35)41-20-10-12-22-45(41)49(47)39-18-8-3-9-19-39/h1-32H/i3D,11D,12D,18D,20D,21D,22D,23D,26D,27D,31D,32D. The fourth-order valence-corrected chi connectivity index (χ4v) is 6.83. The van der Waals surface area contributed by atoms with Crippen LogP contribution in [0.3, 0.4) is 0 Å². The molecule has 10 aromatic rings. The SMILES string of the molecule is [2H]c1ccc(-n2c3c([2H])cc(-c4cc([2H])c5c(c4[2H])c4c([2H])c([2H])cc([2H])c4n5-c4cc(-c5ccccc5)cc(-c5ccccc5)c4)c([2H])c3c3c([2H])cc([2H])c([2H])c32)c([2H])c1. The Labute approximate surface area is 307 Å². The van der Waals surface area contributed by atoms with Crippen molar-refractivity contribution in [2.75, 3.05) is 0 Å². The smallest absolute Gasteiger partial charge is 0.0645 e. The predicted molar refractivity (Wildman–Crippen MR) is 211 cm³/mol. The summed E-state index contributed by atoms with van der Waals surface area (Å²) in [6, 6.07) is 33.0. The zero-order valence-corrected chi connectivity index (χ0v) is 26.4. The van der Waals surface area contributed by atoms with Gasteiger partial charge >= 0.3 is 0 Å². The van der Waals surface area contributed by atoms with E-state index in [1.54, 1.807) is 4.57 Å². The van der Waals surface area contributed by atoms with Crippen LogP contribution >= 0.6 is 0 Å². The van der Waals surface area contributed by atoms with Crippen LogP contribution in [0.15, 0.2) is 194 Å². The van der Waals surface area contributed by atoms with Gasteiger partial charge in [0.2, 0.25) is 0 Å². The highest BCUT2D eigenvalue weighted by Crippen LogP contribution is 2.39. The van der Waals surface area contributed by atoms with E-state index in [4.69, 9.17) is 8.22 Å². The second kappa shape index (κ2) is 11.5. The Bertz CT molecular complexity index is 3480. The van der Waals surface area contributed by atoms with Crippen LogP contribution in [0, 0.1) is 0 Å². The summed E-state index contributed by atoms with van der Waals surface area (Å²) in [5, 5.41) is 0.427. The molecular formula is C48H32N2. The van der Waals surface area contributed by atoms with Gasteiger partial charge in [0.05, 0.1) is 38.5 Å². The zero-order valence-electron chi connectivity index (χ0n) is 38.4. The van der Waals surface area contributed by atoms with Gasteiger partial charge in [-0.1, -0.05) is 127 Å². The van der Waals surface area contributed by atoms with Crippen LogP contribution in [0.4, 0.5) is 0 Å². The third-order valence-corrected chi connectivity index (χ3v) is 9.09. The zero-order chi connectivity index (χ0) is 43.5. The minimum absolute atomic E-state index is 0.0473. The third-order valence-electron chi connectivity index (χ3n) is 9.09. The maximum atomic E-state index is 9.87. The van der Waals surface area contributed by atoms with Crippen molar-refractivity contribution in [1.29, 1.82) is 0 Å². The van der Waals surface area contributed by atoms with E-state index in [-0.39, 0.29) is 133 Å². The number of para-hydroxylation sites is 3. The summed E-state index contributed by atoms with van der Waals surface area (Å²) < 4.78 is 112. The largest absolute Gasteiger partial charge is 0.309 e. The lowest BCUT2D eigenvalue weighted by Crippen LogP contribution is -1.96. The van der Waals surface area contributed by atoms with Crippen molar-refractivity contribution in [2.45, 2.75) is 0 Å². The number of hydrogen-bond acceptors (Lipinski definition) is 0. The first-order valence-electron chi connectivity index (χ1n) is 22.2. The van der Waals surface area contributed by atoms with Crippen LogP contribution < -0.4 is 0 Å². The first-order valence-corrected chi connectivity index (χ1v) is 16.2. The second-order valence-electron chi connectivity index (χ2n) is 12.0. The molecule has 0 bridgehead atoms. The first kappa shape index (κ1) is 18.8. The van der Waals surface area contributed by atoms with E-state index < -0.39 is 0 Å². The summed E-state index contributed by atoms with van der Waals surface area (Å²) in [6.07, 6.45) is 0. The van der Waals surface area contributed by atoms with Crippen molar-refractivity contribution in [3.05, 3.63) is 194 Å². The lowest BCUT2D eigenvalue weighted by molar-refractivity contribution is 1.18. The molecule has 234 valence electrons. The van der Waals surface area contributed by atoms with E-state index in [0.29, 0.717) is 5.69 Å². The minimum Gasteiger partial charge on any atom is -0.309 e. The Morgan fingerprint density at radius 2 is 0.860 bits per heavy atom. The molecule has 50 heavy (non-hydrogen) atoms. The van der Waals surface area contributed by atoms with Gasteiger partial charge in [0.1, 0.15) is 0 Å². The topological polar surface area (TPSA) is 9.86 Å². The second-order valence-corrected chi connectivity index (χ2v) is 12.0. The number of nitrogens with zero attached hydrogens (tertiary/aromatic N) is 2. The predicted octanol–water partition coefficient (Wildman–Crippen LogP) is 12.9. The Morgan fingerprint density at radius 3 is 1.52 bits per heavy atom. The molecule has 2 aromatic heterocycles. The van der Waals surface area contributed by atoms with E-state index >= 15 is 0 Å². The van der Waals surface area contributed by atoms with Crippen molar-refractivity contribution < 1.29 is 16.4 Å². The van der Waals surface area contributed by atoms with E-state index in [1.807, 2.05) is 72.8 Å². The molecule has 0 saturated heterocycles. The van der Waals surface area contributed by atoms with Gasteiger partial charge in [-0.2, -0.15) is 0 Å². The number of hydrogen-bond donors (Lipinski definition) is 0. The van der Waals surface area contributed by atoms with Crippen molar-refractivity contribution in [2.24, 2.45) is 0 Å². The monoisotopic (exact) mass is 648 g/mol. The Hall–Kier alpha value is -6.64. The number of rotatable bonds is 5. The lowest BCUT2D eigenvalue weighted by Gasteiger charge is -2.14. The maximum Gasteiger partial charge on any atom is 0.0645 e. The van der Waals surface area contributed by atoms with E-state index in [9.17, 15) is 8.22 Å². The highest BCUT2D eigenvalue weighted by molar-refractivity contribution is 6.12. The Kier molecular flexibility index (Phi) is 4.32. The van der Waals surface area contributed by atoms with Gasteiger partial charge in [-0.3, -0.25) is 0 Å². The van der Waals surface area contributed by atoms with Gasteiger partial charge in [-0.15, -0.1) is 0 Å². The lowest BCUT2D eigenvalue weighted by atomic mass is 9.98. The van der Waals surface area contributed by atoms with Gasteiger partial charge in [0.25, 0.3) is 0 Å². The molecule has 0 aliphatic rings. The van der Waals surface area contributed by atoms with Crippen molar-refractivity contribution >= 4 is 43.6 Å². The molecule has 0 radical (unpaired) electrons. The average Bonchev–Trinajstić information content (AvgIpc) is 3.82. The molecule has 0 atom stereocenters. The molecule has 0 fully saturated rings. The molecule has 10 rings (SSSR count). The molecule has 0 spiro atoms. The van der Waals surface area contributed by atoms with Gasteiger partial charge in [-0.05, 0) is 99.9 Å². The summed E-state index contributed by atoms with van der Waals surface area (Å²) in [6.45, 7) is 0. The molecule has 8 aromatic carbocycles. The molecule has 0 aliphatic carbocycles. The number of fused-ring (bicyclic) bond motifs is 6. The summed E-state index contributed by atoms with van der Waals surface area (Å²) in [7, 11) is 0. The van der Waals surface area contributed by atoms with Crippen LogP contribution in [0.25, 0.3) is 88.4 Å². The summed E-state index contributed by atoms with van der Waals surface area (Å²) >= 11 is 0. The molecule has 2 heterocycles. The van der Waals surface area contributed by atoms with Crippen LogP contribution in [0.2, 0.25) is 0 Å². The average molecular weight is 649 g/mol. The molecule has 0 saturated carbocycles. The summed E-state index contributed by atoms with van der Waals surface area (Å²) in [5.41, 5.74) is 5.04. The fourth-order valence-electron chi connectivity index (χ4n) is 6.83. The Morgan fingerprint density at radius 1 is 0.320 bits per heavy atom. The number of benzene rings is 8. The molecule has 2 nitrogen and oxygen atoms in total. The molecule has 0 amide bonds. The maximum absolute atomic E-state index is 9.87. The van der Waals surface area contributed by atoms with Gasteiger partial charge < -0.3 is 9.13 Å². The quantitative estimate of drug-likeness (QED) is 0.176. The summed E-state index contributed by atoms with van der Waals surface area (Å²) in [5.74, 6) is 0. The molecule has 0 unspecified atom stereocenters. The van der Waals surface area contributed by atoms with E-state index in [1.165, 1.54) is 47.0 Å². The highest BCUT2D eigenvalue weighted by atomic mass is 15.0. The molecular weight excluding hydrogens is 605 g/mol. The van der Waals surface area contributed by atoms with Crippen molar-refractivity contribution in [1.82, 2.24) is 9.13 Å². The fraction of sp³-hybridized carbons (Fsp3) is 0. The van der Waals surface area contributed by atoms with Crippen LogP contribution in [-0.4, -0.2) is 9.13 Å². The minimum atomic E-state index is -0.280. The highest BCUT2D eigenvalue weighted by Gasteiger charge is 2.17. The van der Waals surface area contributed by atoms with Gasteiger partial charge in [-0.25, -0.2) is 0 Å². The first-order chi connectivity index (χ1) is 29.7. The van der Waals surface area contributed by atoms with Crippen molar-refractivity contribution in [3.8, 4) is 44.8 Å². The van der Waals surface area contributed by atoms with Crippen LogP contribution in [-0.2, 0) is 0 Å². The summed E-state index contributed by atoms with van der Waals surface area (Å²) in [4.78, 5) is 0. The normalized spacial score (nSPS) is 15.0. The van der Waals surface area contributed by atoms with E-state index in [0.717, 1.165) is 22.3 Å². The molecule has 0 aliphatic heterocycles. The molecule has 0 N–H and O–H groups in total. The number of aromatic nitrogens is 2. The van der Waals surface area contributed by atoms with Gasteiger partial charge in [0.15, 0.2) is 0 Å².